The van der Waals surface area contributed by atoms with Gasteiger partial charge in [0.25, 0.3) is 0 Å². The second-order valence-corrected chi connectivity index (χ2v) is 4.29. The zero-order valence-corrected chi connectivity index (χ0v) is 10.1. The van der Waals surface area contributed by atoms with Crippen LogP contribution >= 0.6 is 0 Å². The van der Waals surface area contributed by atoms with E-state index >= 15 is 0 Å². The van der Waals surface area contributed by atoms with E-state index in [0.29, 0.717) is 0 Å². The number of ether oxygens (including phenoxy) is 1. The number of rotatable bonds is 3. The van der Waals surface area contributed by atoms with Crippen LogP contribution in [-0.2, 0) is 5.54 Å². The minimum Gasteiger partial charge on any atom is -0.494 e. The zero-order chi connectivity index (χ0) is 11.8. The Hall–Kier alpha value is -1.55. The van der Waals surface area contributed by atoms with Crippen molar-refractivity contribution in [2.75, 3.05) is 14.2 Å². The number of fused-ring (bicyclic) bond motifs is 1. The van der Waals surface area contributed by atoms with Gasteiger partial charge in [0, 0.05) is 6.20 Å². The van der Waals surface area contributed by atoms with Crippen molar-refractivity contribution in [3.8, 4) is 5.75 Å². The van der Waals surface area contributed by atoms with Gasteiger partial charge >= 0.3 is 0 Å². The van der Waals surface area contributed by atoms with Crippen LogP contribution in [0.2, 0.25) is 0 Å². The number of pyridine rings is 1. The van der Waals surface area contributed by atoms with Crippen LogP contribution in [0.5, 0.6) is 5.75 Å². The van der Waals surface area contributed by atoms with E-state index in [2.05, 4.69) is 28.5 Å². The van der Waals surface area contributed by atoms with Crippen molar-refractivity contribution in [3.05, 3.63) is 30.4 Å². The molecule has 0 unspecified atom stereocenters. The van der Waals surface area contributed by atoms with Crippen molar-refractivity contribution in [2.24, 2.45) is 0 Å². The van der Waals surface area contributed by atoms with Crippen LogP contribution in [0.25, 0.3) is 5.52 Å². The normalized spacial score (nSPS) is 12.0. The van der Waals surface area contributed by atoms with Gasteiger partial charge in [-0.05, 0) is 33.0 Å². The molecule has 4 nitrogen and oxygen atoms in total. The molecular formula is C12H17N3O. The average molecular weight is 219 g/mol. The molecule has 0 aliphatic rings. The van der Waals surface area contributed by atoms with Crippen LogP contribution < -0.4 is 10.1 Å². The molecule has 2 rings (SSSR count). The van der Waals surface area contributed by atoms with E-state index in [4.69, 9.17) is 4.74 Å². The Morgan fingerprint density at radius 3 is 2.81 bits per heavy atom. The molecule has 1 N–H and O–H groups in total. The number of aromatic nitrogens is 2. The lowest BCUT2D eigenvalue weighted by Crippen LogP contribution is -2.35. The first-order valence-corrected chi connectivity index (χ1v) is 5.29. The third kappa shape index (κ3) is 1.55. The molecule has 16 heavy (non-hydrogen) atoms. The third-order valence-corrected chi connectivity index (χ3v) is 2.94. The molecular weight excluding hydrogens is 202 g/mol. The molecule has 0 bridgehead atoms. The molecule has 86 valence electrons. The quantitative estimate of drug-likeness (QED) is 0.855. The van der Waals surface area contributed by atoms with Crippen molar-refractivity contribution in [1.29, 1.82) is 0 Å². The van der Waals surface area contributed by atoms with Crippen LogP contribution in [0.15, 0.2) is 24.5 Å². The lowest BCUT2D eigenvalue weighted by molar-refractivity contribution is 0.409. The SMILES string of the molecule is CNC(C)(C)c1ncc2c(OC)cccn12. The predicted molar refractivity (Wildman–Crippen MR) is 63.8 cm³/mol. The van der Waals surface area contributed by atoms with Gasteiger partial charge in [0.05, 0.1) is 18.8 Å². The molecule has 0 radical (unpaired) electrons. The second-order valence-electron chi connectivity index (χ2n) is 4.29. The summed E-state index contributed by atoms with van der Waals surface area (Å²) in [5.41, 5.74) is 0.821. The molecule has 0 saturated carbocycles. The zero-order valence-electron chi connectivity index (χ0n) is 10.1. The molecule has 2 aromatic rings. The fraction of sp³-hybridized carbons (Fsp3) is 0.417. The molecule has 0 atom stereocenters. The first-order valence-electron chi connectivity index (χ1n) is 5.29. The lowest BCUT2D eigenvalue weighted by Gasteiger charge is -2.22. The Balaban J connectivity index is 2.66. The Morgan fingerprint density at radius 2 is 2.19 bits per heavy atom. The highest BCUT2D eigenvalue weighted by Gasteiger charge is 2.23. The van der Waals surface area contributed by atoms with E-state index in [1.807, 2.05) is 31.6 Å². The molecule has 0 saturated heterocycles. The number of hydrogen-bond acceptors (Lipinski definition) is 3. The summed E-state index contributed by atoms with van der Waals surface area (Å²) in [6, 6.07) is 3.90. The average Bonchev–Trinajstić information content (AvgIpc) is 2.73. The van der Waals surface area contributed by atoms with Crippen LogP contribution in [0.3, 0.4) is 0 Å². The molecule has 0 amide bonds. The van der Waals surface area contributed by atoms with Gasteiger partial charge in [0.15, 0.2) is 0 Å². The third-order valence-electron chi connectivity index (χ3n) is 2.94. The number of hydrogen-bond donors (Lipinski definition) is 1. The van der Waals surface area contributed by atoms with Gasteiger partial charge in [0.1, 0.15) is 17.1 Å². The molecule has 2 heterocycles. The van der Waals surface area contributed by atoms with Gasteiger partial charge in [-0.3, -0.25) is 4.40 Å². The summed E-state index contributed by atoms with van der Waals surface area (Å²) >= 11 is 0. The van der Waals surface area contributed by atoms with E-state index in [0.717, 1.165) is 17.1 Å². The summed E-state index contributed by atoms with van der Waals surface area (Å²) in [5, 5.41) is 3.25. The molecule has 0 aliphatic carbocycles. The van der Waals surface area contributed by atoms with E-state index in [-0.39, 0.29) is 5.54 Å². The Kier molecular flexibility index (Phi) is 2.59. The molecule has 0 fully saturated rings. The van der Waals surface area contributed by atoms with E-state index in [1.165, 1.54) is 0 Å². The first-order chi connectivity index (χ1) is 7.60. The van der Waals surface area contributed by atoms with E-state index < -0.39 is 0 Å². The van der Waals surface area contributed by atoms with Crippen LogP contribution in [-0.4, -0.2) is 23.5 Å². The van der Waals surface area contributed by atoms with Crippen LogP contribution in [0, 0.1) is 0 Å². The van der Waals surface area contributed by atoms with Gasteiger partial charge in [-0.1, -0.05) is 0 Å². The van der Waals surface area contributed by atoms with E-state index in [1.54, 1.807) is 7.11 Å². The standard InChI is InChI=1S/C12H17N3O/c1-12(2,13-3)11-14-8-9-10(16-4)6-5-7-15(9)11/h5-8,13H,1-4H3. The number of methoxy groups -OCH3 is 1. The Labute approximate surface area is 95.3 Å². The smallest absolute Gasteiger partial charge is 0.144 e. The summed E-state index contributed by atoms with van der Waals surface area (Å²) in [6.45, 7) is 4.20. The summed E-state index contributed by atoms with van der Waals surface area (Å²) in [5.74, 6) is 1.82. The summed E-state index contributed by atoms with van der Waals surface area (Å²) in [7, 11) is 3.60. The monoisotopic (exact) mass is 219 g/mol. The van der Waals surface area contributed by atoms with Crippen molar-refractivity contribution >= 4 is 5.52 Å². The topological polar surface area (TPSA) is 38.6 Å². The van der Waals surface area contributed by atoms with Crippen molar-refractivity contribution in [1.82, 2.24) is 14.7 Å². The summed E-state index contributed by atoms with van der Waals surface area (Å²) < 4.78 is 7.36. The Morgan fingerprint density at radius 1 is 1.44 bits per heavy atom. The van der Waals surface area contributed by atoms with Crippen molar-refractivity contribution in [2.45, 2.75) is 19.4 Å². The maximum absolute atomic E-state index is 5.31. The lowest BCUT2D eigenvalue weighted by atomic mass is 10.1. The maximum Gasteiger partial charge on any atom is 0.144 e. The fourth-order valence-electron chi connectivity index (χ4n) is 1.74. The van der Waals surface area contributed by atoms with Gasteiger partial charge in [-0.15, -0.1) is 0 Å². The van der Waals surface area contributed by atoms with E-state index in [9.17, 15) is 0 Å². The maximum atomic E-state index is 5.31. The number of imidazole rings is 1. The largest absolute Gasteiger partial charge is 0.494 e. The van der Waals surface area contributed by atoms with Gasteiger partial charge in [-0.25, -0.2) is 4.98 Å². The van der Waals surface area contributed by atoms with Crippen molar-refractivity contribution in [3.63, 3.8) is 0 Å². The van der Waals surface area contributed by atoms with Gasteiger partial charge in [0.2, 0.25) is 0 Å². The highest BCUT2D eigenvalue weighted by atomic mass is 16.5. The molecule has 0 spiro atoms. The first kappa shape index (κ1) is 11.0. The van der Waals surface area contributed by atoms with Crippen molar-refractivity contribution < 1.29 is 4.74 Å². The van der Waals surface area contributed by atoms with Crippen LogP contribution in [0.1, 0.15) is 19.7 Å². The highest BCUT2D eigenvalue weighted by molar-refractivity contribution is 5.59. The summed E-state index contributed by atoms with van der Waals surface area (Å²) in [6.07, 6.45) is 3.84. The molecule has 0 aromatic carbocycles. The summed E-state index contributed by atoms with van der Waals surface area (Å²) in [4.78, 5) is 4.47. The molecule has 4 heteroatoms. The Bertz CT molecular complexity index is 502. The minimum atomic E-state index is -0.168. The number of nitrogens with zero attached hydrogens (tertiary/aromatic N) is 2. The predicted octanol–water partition coefficient (Wildman–Crippen LogP) is 1.80. The van der Waals surface area contributed by atoms with Gasteiger partial charge in [-0.2, -0.15) is 0 Å². The second kappa shape index (κ2) is 3.79. The van der Waals surface area contributed by atoms with Crippen LogP contribution in [0.4, 0.5) is 0 Å². The molecule has 0 aliphatic heterocycles. The number of nitrogens with one attached hydrogen (secondary N) is 1. The highest BCUT2D eigenvalue weighted by Crippen LogP contribution is 2.25. The fourth-order valence-corrected chi connectivity index (χ4v) is 1.74. The molecule has 2 aromatic heterocycles. The van der Waals surface area contributed by atoms with Gasteiger partial charge < -0.3 is 10.1 Å². The minimum absolute atomic E-state index is 0.168.